The number of amides is 1. The fourth-order valence-corrected chi connectivity index (χ4v) is 3.37. The number of anilines is 2. The Hall–Kier alpha value is -2.38. The van der Waals surface area contributed by atoms with Gasteiger partial charge in [0.2, 0.25) is 5.95 Å². The Labute approximate surface area is 162 Å². The number of morpholine rings is 1. The van der Waals surface area contributed by atoms with Crippen molar-refractivity contribution in [2.45, 2.75) is 12.8 Å². The second-order valence-corrected chi connectivity index (χ2v) is 6.95. The maximum absolute atomic E-state index is 12.8. The molecule has 1 aromatic carbocycles. The highest BCUT2D eigenvalue weighted by Gasteiger charge is 2.26. The molecule has 1 saturated heterocycles. The zero-order valence-corrected chi connectivity index (χ0v) is 15.7. The van der Waals surface area contributed by atoms with Crippen LogP contribution in [-0.4, -0.2) is 55.3 Å². The van der Waals surface area contributed by atoms with Gasteiger partial charge in [-0.3, -0.25) is 9.69 Å². The monoisotopic (exact) mass is 388 g/mol. The Kier molecular flexibility index (Phi) is 5.40. The molecule has 2 aliphatic heterocycles. The lowest BCUT2D eigenvalue weighted by Gasteiger charge is -2.31. The Morgan fingerprint density at radius 3 is 2.74 bits per heavy atom. The van der Waals surface area contributed by atoms with Crippen molar-refractivity contribution in [3.8, 4) is 5.75 Å². The number of hydrogen-bond acceptors (Lipinski definition) is 6. The number of fused-ring (bicyclic) bond motifs is 1. The summed E-state index contributed by atoms with van der Waals surface area (Å²) in [5, 5.41) is 0.631. The van der Waals surface area contributed by atoms with Crippen LogP contribution in [0.1, 0.15) is 12.0 Å². The normalized spacial score (nSPS) is 16.8. The quantitative estimate of drug-likeness (QED) is 0.800. The highest BCUT2D eigenvalue weighted by Crippen LogP contribution is 2.27. The van der Waals surface area contributed by atoms with Gasteiger partial charge in [-0.2, -0.15) is 4.98 Å². The number of ether oxygens (including phenoxy) is 2. The molecule has 0 aliphatic carbocycles. The standard InChI is InChI=1S/C19H21ClN4O3/c20-15-3-5-16(6-4-15)27-13-17(25)24-7-1-2-14-12-21-19(22-18(14)24)23-8-10-26-11-9-23/h3-6,12H,1-2,7-11,13H2. The van der Waals surface area contributed by atoms with E-state index in [9.17, 15) is 4.79 Å². The summed E-state index contributed by atoms with van der Waals surface area (Å²) in [5.41, 5.74) is 0.998. The lowest BCUT2D eigenvalue weighted by atomic mass is 10.1. The van der Waals surface area contributed by atoms with Gasteiger partial charge in [0.15, 0.2) is 6.61 Å². The summed E-state index contributed by atoms with van der Waals surface area (Å²) < 4.78 is 11.0. The predicted octanol–water partition coefficient (Wildman–Crippen LogP) is 2.32. The summed E-state index contributed by atoms with van der Waals surface area (Å²) in [5.74, 6) is 1.84. The van der Waals surface area contributed by atoms with Crippen LogP contribution in [0.25, 0.3) is 0 Å². The molecule has 0 unspecified atom stereocenters. The topological polar surface area (TPSA) is 67.8 Å². The Morgan fingerprint density at radius 2 is 1.96 bits per heavy atom. The highest BCUT2D eigenvalue weighted by atomic mass is 35.5. The van der Waals surface area contributed by atoms with Gasteiger partial charge in [-0.1, -0.05) is 11.6 Å². The van der Waals surface area contributed by atoms with Crippen LogP contribution < -0.4 is 14.5 Å². The first kappa shape index (κ1) is 18.0. The molecule has 0 N–H and O–H groups in total. The molecule has 2 aromatic rings. The molecule has 4 rings (SSSR count). The zero-order chi connectivity index (χ0) is 18.6. The first-order valence-electron chi connectivity index (χ1n) is 9.08. The van der Waals surface area contributed by atoms with Crippen LogP contribution in [0.5, 0.6) is 5.75 Å². The van der Waals surface area contributed by atoms with Gasteiger partial charge in [0.05, 0.1) is 13.2 Å². The molecule has 7 nitrogen and oxygen atoms in total. The van der Waals surface area contributed by atoms with Gasteiger partial charge >= 0.3 is 0 Å². The van der Waals surface area contributed by atoms with E-state index in [-0.39, 0.29) is 12.5 Å². The molecule has 2 aliphatic rings. The van der Waals surface area contributed by atoms with Crippen molar-refractivity contribution in [2.24, 2.45) is 0 Å². The molecular weight excluding hydrogens is 368 g/mol. The van der Waals surface area contributed by atoms with E-state index in [1.165, 1.54) is 0 Å². The van der Waals surface area contributed by atoms with Gasteiger partial charge in [-0.25, -0.2) is 4.98 Å². The Morgan fingerprint density at radius 1 is 1.19 bits per heavy atom. The van der Waals surface area contributed by atoms with Gasteiger partial charge in [-0.15, -0.1) is 0 Å². The van der Waals surface area contributed by atoms with Gasteiger partial charge in [0.1, 0.15) is 11.6 Å². The van der Waals surface area contributed by atoms with Crippen LogP contribution >= 0.6 is 11.6 Å². The van der Waals surface area contributed by atoms with Crippen LogP contribution in [0.2, 0.25) is 5.02 Å². The van der Waals surface area contributed by atoms with Crippen LogP contribution in [0.4, 0.5) is 11.8 Å². The smallest absolute Gasteiger partial charge is 0.266 e. The number of rotatable bonds is 4. The minimum Gasteiger partial charge on any atom is -0.484 e. The molecule has 1 amide bonds. The van der Waals surface area contributed by atoms with Crippen molar-refractivity contribution in [2.75, 3.05) is 49.3 Å². The van der Waals surface area contributed by atoms with Crippen molar-refractivity contribution < 1.29 is 14.3 Å². The number of hydrogen-bond donors (Lipinski definition) is 0. The first-order chi connectivity index (χ1) is 13.2. The molecule has 0 saturated carbocycles. The number of carbonyl (C=O) groups excluding carboxylic acids is 1. The Bertz CT molecular complexity index is 809. The highest BCUT2D eigenvalue weighted by molar-refractivity contribution is 6.30. The van der Waals surface area contributed by atoms with Crippen LogP contribution in [0.3, 0.4) is 0 Å². The molecule has 0 bridgehead atoms. The molecular formula is C19H21ClN4O3. The molecule has 142 valence electrons. The predicted molar refractivity (Wildman–Crippen MR) is 103 cm³/mol. The van der Waals surface area contributed by atoms with E-state index in [1.54, 1.807) is 29.2 Å². The first-order valence-corrected chi connectivity index (χ1v) is 9.46. The van der Waals surface area contributed by atoms with E-state index in [0.717, 1.165) is 31.5 Å². The van der Waals surface area contributed by atoms with Crippen molar-refractivity contribution in [3.63, 3.8) is 0 Å². The van der Waals surface area contributed by atoms with Gasteiger partial charge < -0.3 is 14.4 Å². The fourth-order valence-electron chi connectivity index (χ4n) is 3.24. The van der Waals surface area contributed by atoms with E-state index in [4.69, 9.17) is 26.1 Å². The summed E-state index contributed by atoms with van der Waals surface area (Å²) in [6.07, 6.45) is 3.60. The van der Waals surface area contributed by atoms with Crippen LogP contribution in [0, 0.1) is 0 Å². The van der Waals surface area contributed by atoms with Crippen molar-refractivity contribution in [3.05, 3.63) is 41.0 Å². The maximum Gasteiger partial charge on any atom is 0.266 e. The molecule has 3 heterocycles. The van der Waals surface area contributed by atoms with E-state index in [0.29, 0.717) is 42.3 Å². The average Bonchev–Trinajstić information content (AvgIpc) is 2.73. The summed E-state index contributed by atoms with van der Waals surface area (Å²) in [6.45, 7) is 3.43. The molecule has 27 heavy (non-hydrogen) atoms. The second-order valence-electron chi connectivity index (χ2n) is 6.51. The van der Waals surface area contributed by atoms with Crippen LogP contribution in [-0.2, 0) is 16.0 Å². The van der Waals surface area contributed by atoms with E-state index < -0.39 is 0 Å². The van der Waals surface area contributed by atoms with Crippen LogP contribution in [0.15, 0.2) is 30.5 Å². The minimum absolute atomic E-state index is 0.0437. The van der Waals surface area contributed by atoms with E-state index in [2.05, 4.69) is 9.88 Å². The van der Waals surface area contributed by atoms with E-state index in [1.807, 2.05) is 6.20 Å². The fraction of sp³-hybridized carbons (Fsp3) is 0.421. The maximum atomic E-state index is 12.8. The molecule has 1 fully saturated rings. The lowest BCUT2D eigenvalue weighted by Crippen LogP contribution is -2.41. The molecule has 0 atom stereocenters. The van der Waals surface area contributed by atoms with Gasteiger partial charge in [0.25, 0.3) is 5.91 Å². The minimum atomic E-state index is -0.113. The average molecular weight is 389 g/mol. The number of aromatic nitrogens is 2. The largest absolute Gasteiger partial charge is 0.484 e. The summed E-state index contributed by atoms with van der Waals surface area (Å²) in [4.78, 5) is 25.8. The summed E-state index contributed by atoms with van der Waals surface area (Å²) >= 11 is 5.87. The van der Waals surface area contributed by atoms with Crippen molar-refractivity contribution >= 4 is 29.3 Å². The molecule has 0 radical (unpaired) electrons. The van der Waals surface area contributed by atoms with Gasteiger partial charge in [0, 0.05) is 36.4 Å². The number of carbonyl (C=O) groups is 1. The van der Waals surface area contributed by atoms with E-state index >= 15 is 0 Å². The third-order valence-electron chi connectivity index (χ3n) is 4.68. The number of aryl methyl sites for hydroxylation is 1. The third-order valence-corrected chi connectivity index (χ3v) is 4.94. The third kappa shape index (κ3) is 4.14. The zero-order valence-electron chi connectivity index (χ0n) is 14.9. The molecule has 0 spiro atoms. The van der Waals surface area contributed by atoms with Crippen molar-refractivity contribution in [1.82, 2.24) is 9.97 Å². The second kappa shape index (κ2) is 8.10. The summed E-state index contributed by atoms with van der Waals surface area (Å²) in [6, 6.07) is 6.97. The molecule has 1 aromatic heterocycles. The molecule has 8 heteroatoms. The SMILES string of the molecule is O=C(COc1ccc(Cl)cc1)N1CCCc2cnc(N3CCOCC3)nc21. The van der Waals surface area contributed by atoms with Crippen molar-refractivity contribution in [1.29, 1.82) is 0 Å². The number of nitrogens with zero attached hydrogens (tertiary/aromatic N) is 4. The number of halogens is 1. The lowest BCUT2D eigenvalue weighted by molar-refractivity contribution is -0.120. The number of benzene rings is 1. The van der Waals surface area contributed by atoms with Gasteiger partial charge in [-0.05, 0) is 37.1 Å². The Balaban J connectivity index is 1.49. The summed E-state index contributed by atoms with van der Waals surface area (Å²) in [7, 11) is 0.